The number of aromatic nitrogens is 2. The van der Waals surface area contributed by atoms with Crippen LogP contribution in [0.1, 0.15) is 25.7 Å². The van der Waals surface area contributed by atoms with Crippen molar-refractivity contribution in [3.8, 4) is 11.5 Å². The molecule has 0 spiro atoms. The van der Waals surface area contributed by atoms with Gasteiger partial charge in [0, 0.05) is 31.7 Å². The number of nitrogens with zero attached hydrogens (tertiary/aromatic N) is 3. The topological polar surface area (TPSA) is 73.8 Å². The molecule has 1 aliphatic carbocycles. The highest BCUT2D eigenvalue weighted by molar-refractivity contribution is 6.34. The Morgan fingerprint density at radius 1 is 1.19 bits per heavy atom. The van der Waals surface area contributed by atoms with E-state index in [1.54, 1.807) is 18.1 Å². The largest absolute Gasteiger partial charge is 0.493 e. The fourth-order valence-electron chi connectivity index (χ4n) is 3.44. The first-order valence-electron chi connectivity index (χ1n) is 8.93. The second kappa shape index (κ2) is 8.71. The number of methoxy groups -OCH3 is 2. The van der Waals surface area contributed by atoms with Crippen LogP contribution in [-0.2, 0) is 9.53 Å². The van der Waals surface area contributed by atoms with Gasteiger partial charge in [-0.25, -0.2) is 9.97 Å². The Labute approximate surface area is 163 Å². The second-order valence-electron chi connectivity index (χ2n) is 6.67. The lowest BCUT2D eigenvalue weighted by Gasteiger charge is -2.34. The lowest BCUT2D eigenvalue weighted by atomic mass is 9.92. The Hall–Kier alpha value is -2.12. The summed E-state index contributed by atoms with van der Waals surface area (Å²) in [7, 11) is 4.97. The Morgan fingerprint density at radius 2 is 1.93 bits per heavy atom. The van der Waals surface area contributed by atoms with Gasteiger partial charge in [0.25, 0.3) is 0 Å². The molecule has 1 aromatic carbocycles. The van der Waals surface area contributed by atoms with E-state index in [9.17, 15) is 4.79 Å². The second-order valence-corrected chi connectivity index (χ2v) is 7.03. The molecule has 7 nitrogen and oxygen atoms in total. The molecule has 146 valence electrons. The normalized spacial score (nSPS) is 19.7. The van der Waals surface area contributed by atoms with Gasteiger partial charge < -0.3 is 19.1 Å². The molecule has 3 rings (SSSR count). The molecule has 1 fully saturated rings. The standard InChI is InChI=1S/C19H24ClN3O4/c1-23(18(24)10-25-2)12-4-6-13(7-5-12)27-17-8-14-15(9-16(17)26-3)21-11-22-19(14)20/h8-9,11-13H,4-7,10H2,1-3H3/t12-,13+. The van der Waals surface area contributed by atoms with Crippen molar-refractivity contribution in [2.45, 2.75) is 37.8 Å². The Kier molecular flexibility index (Phi) is 6.34. The average molecular weight is 394 g/mol. The minimum atomic E-state index is 0.00714. The number of hydrogen-bond donors (Lipinski definition) is 0. The van der Waals surface area contributed by atoms with Crippen molar-refractivity contribution in [1.82, 2.24) is 14.9 Å². The molecule has 0 aliphatic heterocycles. The van der Waals surface area contributed by atoms with E-state index in [2.05, 4.69) is 9.97 Å². The molecule has 0 bridgehead atoms. The van der Waals surface area contributed by atoms with Crippen molar-refractivity contribution >= 4 is 28.4 Å². The number of likely N-dealkylation sites (N-methyl/N-ethyl adjacent to an activating group) is 1. The van der Waals surface area contributed by atoms with Crippen LogP contribution >= 0.6 is 11.6 Å². The van der Waals surface area contributed by atoms with Crippen molar-refractivity contribution in [3.63, 3.8) is 0 Å². The van der Waals surface area contributed by atoms with Gasteiger partial charge in [-0.15, -0.1) is 0 Å². The van der Waals surface area contributed by atoms with E-state index in [-0.39, 0.29) is 24.7 Å². The van der Waals surface area contributed by atoms with Gasteiger partial charge in [-0.2, -0.15) is 0 Å². The molecule has 0 N–H and O–H groups in total. The van der Waals surface area contributed by atoms with Crippen molar-refractivity contribution in [2.24, 2.45) is 0 Å². The van der Waals surface area contributed by atoms with Crippen LogP contribution in [-0.4, -0.2) is 60.8 Å². The maximum absolute atomic E-state index is 12.0. The first kappa shape index (κ1) is 19.6. The molecule has 0 saturated heterocycles. The zero-order chi connectivity index (χ0) is 19.4. The van der Waals surface area contributed by atoms with E-state index in [4.69, 9.17) is 25.8 Å². The van der Waals surface area contributed by atoms with Gasteiger partial charge >= 0.3 is 0 Å². The van der Waals surface area contributed by atoms with E-state index in [0.29, 0.717) is 22.2 Å². The third-order valence-corrected chi connectivity index (χ3v) is 5.32. The maximum atomic E-state index is 12.0. The fraction of sp³-hybridized carbons (Fsp3) is 0.526. The summed E-state index contributed by atoms with van der Waals surface area (Å²) < 4.78 is 16.6. The molecule has 1 aliphatic rings. The Morgan fingerprint density at radius 3 is 2.59 bits per heavy atom. The number of carbonyl (C=O) groups is 1. The summed E-state index contributed by atoms with van der Waals surface area (Å²) in [6.07, 6.45) is 4.97. The van der Waals surface area contributed by atoms with Gasteiger partial charge in [0.05, 0.1) is 18.7 Å². The zero-order valence-corrected chi connectivity index (χ0v) is 16.5. The SMILES string of the molecule is COCC(=O)N(C)[C@H]1CC[C@@H](Oc2cc3c(Cl)ncnc3cc2OC)CC1. The highest BCUT2D eigenvalue weighted by Crippen LogP contribution is 2.36. The number of amides is 1. The Bertz CT molecular complexity index is 809. The van der Waals surface area contributed by atoms with Gasteiger partial charge in [0.2, 0.25) is 5.91 Å². The van der Waals surface area contributed by atoms with E-state index in [1.807, 2.05) is 13.1 Å². The van der Waals surface area contributed by atoms with Crippen LogP contribution in [0, 0.1) is 0 Å². The van der Waals surface area contributed by atoms with Gasteiger partial charge in [0.1, 0.15) is 18.1 Å². The first-order chi connectivity index (χ1) is 13.0. The number of fused-ring (bicyclic) bond motifs is 1. The molecule has 2 aromatic rings. The van der Waals surface area contributed by atoms with E-state index in [0.717, 1.165) is 31.1 Å². The third kappa shape index (κ3) is 4.42. The summed E-state index contributed by atoms with van der Waals surface area (Å²) in [5, 5.41) is 1.11. The number of benzene rings is 1. The average Bonchev–Trinajstić information content (AvgIpc) is 2.68. The summed E-state index contributed by atoms with van der Waals surface area (Å²) in [5.41, 5.74) is 0.709. The molecule has 1 amide bonds. The zero-order valence-electron chi connectivity index (χ0n) is 15.8. The lowest BCUT2D eigenvalue weighted by Crippen LogP contribution is -2.42. The molecule has 1 aromatic heterocycles. The predicted molar refractivity (Wildman–Crippen MR) is 102 cm³/mol. The Balaban J connectivity index is 1.68. The quantitative estimate of drug-likeness (QED) is 0.702. The van der Waals surface area contributed by atoms with Gasteiger partial charge in [-0.3, -0.25) is 4.79 Å². The number of halogens is 1. The summed E-state index contributed by atoms with van der Waals surface area (Å²) in [6.45, 7) is 0.115. The van der Waals surface area contributed by atoms with Crippen molar-refractivity contribution in [1.29, 1.82) is 0 Å². The summed E-state index contributed by atoms with van der Waals surface area (Å²) >= 11 is 6.18. The van der Waals surface area contributed by atoms with Gasteiger partial charge in [-0.1, -0.05) is 11.6 Å². The highest BCUT2D eigenvalue weighted by atomic mass is 35.5. The minimum absolute atomic E-state index is 0.00714. The van der Waals surface area contributed by atoms with E-state index >= 15 is 0 Å². The van der Waals surface area contributed by atoms with Crippen LogP contribution in [0.5, 0.6) is 11.5 Å². The van der Waals surface area contributed by atoms with Crippen molar-refractivity contribution < 1.29 is 19.0 Å². The number of ether oxygens (including phenoxy) is 3. The van der Waals surface area contributed by atoms with Crippen LogP contribution in [0.15, 0.2) is 18.5 Å². The fourth-order valence-corrected chi connectivity index (χ4v) is 3.64. The van der Waals surface area contributed by atoms with Gasteiger partial charge in [-0.05, 0) is 31.7 Å². The van der Waals surface area contributed by atoms with Crippen molar-refractivity contribution in [3.05, 3.63) is 23.6 Å². The predicted octanol–water partition coefficient (Wildman–Crippen LogP) is 3.09. The molecular weight excluding hydrogens is 370 g/mol. The lowest BCUT2D eigenvalue weighted by molar-refractivity contribution is -0.136. The van der Waals surface area contributed by atoms with Crippen LogP contribution in [0.4, 0.5) is 0 Å². The third-order valence-electron chi connectivity index (χ3n) is 5.02. The van der Waals surface area contributed by atoms with E-state index in [1.165, 1.54) is 13.4 Å². The smallest absolute Gasteiger partial charge is 0.248 e. The molecule has 1 saturated carbocycles. The number of carbonyl (C=O) groups excluding carboxylic acids is 1. The maximum Gasteiger partial charge on any atom is 0.248 e. The van der Waals surface area contributed by atoms with Crippen molar-refractivity contribution in [2.75, 3.05) is 27.9 Å². The first-order valence-corrected chi connectivity index (χ1v) is 9.30. The van der Waals surface area contributed by atoms with Crippen LogP contribution in [0.2, 0.25) is 5.15 Å². The van der Waals surface area contributed by atoms with E-state index < -0.39 is 0 Å². The molecule has 27 heavy (non-hydrogen) atoms. The van der Waals surface area contributed by atoms with Crippen LogP contribution in [0.3, 0.4) is 0 Å². The van der Waals surface area contributed by atoms with Gasteiger partial charge in [0.15, 0.2) is 11.5 Å². The highest BCUT2D eigenvalue weighted by Gasteiger charge is 2.28. The molecule has 0 radical (unpaired) electrons. The molecule has 8 heteroatoms. The number of rotatable bonds is 6. The monoisotopic (exact) mass is 393 g/mol. The molecule has 0 atom stereocenters. The minimum Gasteiger partial charge on any atom is -0.493 e. The molecular formula is C19H24ClN3O4. The molecule has 1 heterocycles. The number of hydrogen-bond acceptors (Lipinski definition) is 6. The van der Waals surface area contributed by atoms with Crippen LogP contribution in [0.25, 0.3) is 10.9 Å². The summed E-state index contributed by atoms with van der Waals surface area (Å²) in [6, 6.07) is 3.85. The summed E-state index contributed by atoms with van der Waals surface area (Å²) in [4.78, 5) is 22.0. The summed E-state index contributed by atoms with van der Waals surface area (Å²) in [5.74, 6) is 1.26. The molecule has 0 unspecified atom stereocenters. The van der Waals surface area contributed by atoms with Crippen LogP contribution < -0.4 is 9.47 Å².